The van der Waals surface area contributed by atoms with Gasteiger partial charge in [0.25, 0.3) is 0 Å². The first-order chi connectivity index (χ1) is 8.70. The zero-order valence-corrected chi connectivity index (χ0v) is 11.2. The van der Waals surface area contributed by atoms with Crippen LogP contribution in [0.4, 0.5) is 4.39 Å². The van der Waals surface area contributed by atoms with E-state index >= 15 is 0 Å². The van der Waals surface area contributed by atoms with Gasteiger partial charge in [-0.25, -0.2) is 4.39 Å². The highest BCUT2D eigenvalue weighted by Crippen LogP contribution is 2.33. The largest absolute Gasteiger partial charge is 0.327 e. The molecule has 100 valence electrons. The zero-order chi connectivity index (χ0) is 13.0. The second kappa shape index (κ2) is 6.33. The van der Waals surface area contributed by atoms with Gasteiger partial charge in [0.1, 0.15) is 5.82 Å². The normalized spacial score (nSPS) is 28.3. The van der Waals surface area contributed by atoms with Crippen LogP contribution in [0.3, 0.4) is 0 Å². The molecule has 1 aromatic rings. The lowest BCUT2D eigenvalue weighted by molar-refractivity contribution is 0.220. The molecular weight excluding hydrogens is 225 g/mol. The smallest absolute Gasteiger partial charge is 0.126 e. The molecule has 1 fully saturated rings. The Morgan fingerprint density at radius 1 is 1.28 bits per heavy atom. The van der Waals surface area contributed by atoms with Crippen molar-refractivity contribution in [1.82, 2.24) is 0 Å². The van der Waals surface area contributed by atoms with Gasteiger partial charge in [-0.2, -0.15) is 0 Å². The average Bonchev–Trinajstić information content (AvgIpc) is 2.36. The molecular formula is C16H24FN. The van der Waals surface area contributed by atoms with E-state index in [1.165, 1.54) is 25.7 Å². The predicted octanol–water partition coefficient (Wildman–Crippen LogP) is 3.91. The van der Waals surface area contributed by atoms with E-state index in [1.807, 2.05) is 12.1 Å². The molecule has 0 spiro atoms. The van der Waals surface area contributed by atoms with Crippen LogP contribution in [0.25, 0.3) is 0 Å². The molecule has 1 nitrogen and oxygen atoms in total. The topological polar surface area (TPSA) is 26.0 Å². The number of benzene rings is 1. The van der Waals surface area contributed by atoms with Gasteiger partial charge >= 0.3 is 0 Å². The van der Waals surface area contributed by atoms with Crippen molar-refractivity contribution in [3.8, 4) is 0 Å². The molecule has 2 rings (SSSR count). The van der Waals surface area contributed by atoms with Crippen LogP contribution in [0.2, 0.25) is 0 Å². The van der Waals surface area contributed by atoms with Crippen LogP contribution in [-0.2, 0) is 6.42 Å². The molecule has 1 aliphatic rings. The van der Waals surface area contributed by atoms with Crippen LogP contribution in [0.1, 0.15) is 44.6 Å². The van der Waals surface area contributed by atoms with E-state index < -0.39 is 0 Å². The predicted molar refractivity (Wildman–Crippen MR) is 73.8 cm³/mol. The summed E-state index contributed by atoms with van der Waals surface area (Å²) < 4.78 is 13.7. The summed E-state index contributed by atoms with van der Waals surface area (Å²) in [4.78, 5) is 0. The average molecular weight is 249 g/mol. The van der Waals surface area contributed by atoms with Crippen molar-refractivity contribution in [2.24, 2.45) is 17.6 Å². The molecule has 0 bridgehead atoms. The third-order valence-electron chi connectivity index (χ3n) is 4.29. The van der Waals surface area contributed by atoms with Crippen molar-refractivity contribution < 1.29 is 4.39 Å². The summed E-state index contributed by atoms with van der Waals surface area (Å²) in [7, 11) is 0. The molecule has 3 atom stereocenters. The maximum Gasteiger partial charge on any atom is 0.126 e. The van der Waals surface area contributed by atoms with Crippen molar-refractivity contribution in [1.29, 1.82) is 0 Å². The molecule has 2 N–H and O–H groups in total. The van der Waals surface area contributed by atoms with Crippen molar-refractivity contribution >= 4 is 0 Å². The monoisotopic (exact) mass is 249 g/mol. The number of hydrogen-bond acceptors (Lipinski definition) is 1. The summed E-state index contributed by atoms with van der Waals surface area (Å²) in [6.45, 7) is 2.24. The van der Waals surface area contributed by atoms with Gasteiger partial charge in [-0.1, -0.05) is 38.0 Å². The van der Waals surface area contributed by atoms with Crippen molar-refractivity contribution in [2.45, 2.75) is 51.5 Å². The highest BCUT2D eigenvalue weighted by molar-refractivity contribution is 5.18. The van der Waals surface area contributed by atoms with Crippen molar-refractivity contribution in [2.75, 3.05) is 0 Å². The van der Waals surface area contributed by atoms with Gasteiger partial charge in [0, 0.05) is 6.04 Å². The van der Waals surface area contributed by atoms with E-state index in [0.29, 0.717) is 5.92 Å². The SMILES string of the molecule is CCCC1CCC(N)C(Cc2ccccc2F)C1. The number of halogens is 1. The van der Waals surface area contributed by atoms with E-state index in [-0.39, 0.29) is 11.9 Å². The van der Waals surface area contributed by atoms with E-state index in [9.17, 15) is 4.39 Å². The summed E-state index contributed by atoms with van der Waals surface area (Å²) in [5.74, 6) is 1.17. The minimum Gasteiger partial charge on any atom is -0.327 e. The number of hydrogen-bond donors (Lipinski definition) is 1. The molecule has 1 aromatic carbocycles. The van der Waals surface area contributed by atoms with E-state index in [1.54, 1.807) is 12.1 Å². The Morgan fingerprint density at radius 3 is 2.78 bits per heavy atom. The maximum absolute atomic E-state index is 13.7. The molecule has 1 aliphatic carbocycles. The van der Waals surface area contributed by atoms with Crippen LogP contribution in [-0.4, -0.2) is 6.04 Å². The lowest BCUT2D eigenvalue weighted by atomic mass is 9.74. The van der Waals surface area contributed by atoms with E-state index in [0.717, 1.165) is 24.3 Å². The summed E-state index contributed by atoms with van der Waals surface area (Å²) in [5.41, 5.74) is 7.04. The number of rotatable bonds is 4. The van der Waals surface area contributed by atoms with Gasteiger partial charge in [-0.05, 0) is 49.1 Å². The molecule has 3 unspecified atom stereocenters. The van der Waals surface area contributed by atoms with Gasteiger partial charge < -0.3 is 5.73 Å². The first kappa shape index (κ1) is 13.5. The van der Waals surface area contributed by atoms with Crippen LogP contribution in [0.5, 0.6) is 0 Å². The van der Waals surface area contributed by atoms with Gasteiger partial charge in [0.05, 0.1) is 0 Å². The zero-order valence-electron chi connectivity index (χ0n) is 11.2. The second-order valence-electron chi connectivity index (χ2n) is 5.69. The van der Waals surface area contributed by atoms with Gasteiger partial charge in [-0.15, -0.1) is 0 Å². The summed E-state index contributed by atoms with van der Waals surface area (Å²) >= 11 is 0. The Morgan fingerprint density at radius 2 is 2.06 bits per heavy atom. The summed E-state index contributed by atoms with van der Waals surface area (Å²) in [6.07, 6.45) is 6.86. The summed E-state index contributed by atoms with van der Waals surface area (Å²) in [5, 5.41) is 0. The molecule has 18 heavy (non-hydrogen) atoms. The number of nitrogens with two attached hydrogens (primary N) is 1. The summed E-state index contributed by atoms with van der Waals surface area (Å²) in [6, 6.07) is 7.35. The van der Waals surface area contributed by atoms with Crippen molar-refractivity contribution in [3.05, 3.63) is 35.6 Å². The quantitative estimate of drug-likeness (QED) is 0.860. The van der Waals surface area contributed by atoms with Gasteiger partial charge in [0.15, 0.2) is 0 Å². The lowest BCUT2D eigenvalue weighted by Gasteiger charge is -2.34. The Hall–Kier alpha value is -0.890. The highest BCUT2D eigenvalue weighted by atomic mass is 19.1. The van der Waals surface area contributed by atoms with Gasteiger partial charge in [-0.3, -0.25) is 0 Å². The van der Waals surface area contributed by atoms with Crippen LogP contribution >= 0.6 is 0 Å². The standard InChI is InChI=1S/C16H24FN/c1-2-5-12-8-9-16(18)14(10-12)11-13-6-3-4-7-15(13)17/h3-4,6-7,12,14,16H,2,5,8-11,18H2,1H3. The molecule has 0 aliphatic heterocycles. The fourth-order valence-electron chi connectivity index (χ4n) is 3.24. The van der Waals surface area contributed by atoms with Crippen LogP contribution in [0.15, 0.2) is 24.3 Å². The Balaban J connectivity index is 2.00. The van der Waals surface area contributed by atoms with Crippen LogP contribution < -0.4 is 5.73 Å². The minimum absolute atomic E-state index is 0.0812. The minimum atomic E-state index is -0.0812. The van der Waals surface area contributed by atoms with E-state index in [2.05, 4.69) is 6.92 Å². The van der Waals surface area contributed by atoms with E-state index in [4.69, 9.17) is 5.73 Å². The molecule has 0 saturated heterocycles. The molecule has 0 radical (unpaired) electrons. The first-order valence-electron chi connectivity index (χ1n) is 7.19. The fourth-order valence-corrected chi connectivity index (χ4v) is 3.24. The third-order valence-corrected chi connectivity index (χ3v) is 4.29. The molecule has 0 heterocycles. The van der Waals surface area contributed by atoms with Crippen molar-refractivity contribution in [3.63, 3.8) is 0 Å². The second-order valence-corrected chi connectivity index (χ2v) is 5.69. The fraction of sp³-hybridized carbons (Fsp3) is 0.625. The molecule has 0 amide bonds. The van der Waals surface area contributed by atoms with Gasteiger partial charge in [0.2, 0.25) is 0 Å². The Bertz CT molecular complexity index is 377. The lowest BCUT2D eigenvalue weighted by Crippen LogP contribution is -2.37. The maximum atomic E-state index is 13.7. The molecule has 2 heteroatoms. The molecule has 0 aromatic heterocycles. The highest BCUT2D eigenvalue weighted by Gasteiger charge is 2.28. The first-order valence-corrected chi connectivity index (χ1v) is 7.19. The van der Waals surface area contributed by atoms with Crippen LogP contribution in [0, 0.1) is 17.7 Å². The Labute approximate surface area is 110 Å². The Kier molecular flexibility index (Phi) is 4.76. The molecule has 1 saturated carbocycles. The third kappa shape index (κ3) is 3.32.